The lowest BCUT2D eigenvalue weighted by molar-refractivity contribution is 0.0928. The molecule has 0 radical (unpaired) electrons. The number of hydrogen-bond donors (Lipinski definition) is 1. The van der Waals surface area contributed by atoms with Gasteiger partial charge in [0.05, 0.1) is 18.2 Å². The molecule has 1 aliphatic heterocycles. The van der Waals surface area contributed by atoms with E-state index in [1.807, 2.05) is 0 Å². The number of nitrogens with one attached hydrogen (secondary N) is 1. The molecule has 1 aliphatic rings. The van der Waals surface area contributed by atoms with Gasteiger partial charge in [-0.25, -0.2) is 4.98 Å². The Morgan fingerprint density at radius 3 is 3.20 bits per heavy atom. The van der Waals surface area contributed by atoms with Gasteiger partial charge in [-0.2, -0.15) is 0 Å². The summed E-state index contributed by atoms with van der Waals surface area (Å²) in [6, 6.07) is 3.61. The standard InChI is InChI=1S/C10H11BrN2O2/c11-9-8(2-1-4-12-9)10(14)13-7-3-5-15-6-7/h1-2,4,7H,3,5-6H2,(H,13,14). The first-order valence-corrected chi connectivity index (χ1v) is 5.56. The molecule has 4 nitrogen and oxygen atoms in total. The maximum absolute atomic E-state index is 11.8. The number of amides is 1. The van der Waals surface area contributed by atoms with Gasteiger partial charge in [0.25, 0.3) is 5.91 Å². The van der Waals surface area contributed by atoms with Crippen molar-refractivity contribution in [3.63, 3.8) is 0 Å². The van der Waals surface area contributed by atoms with E-state index in [0.29, 0.717) is 16.8 Å². The van der Waals surface area contributed by atoms with Gasteiger partial charge in [0, 0.05) is 12.8 Å². The summed E-state index contributed by atoms with van der Waals surface area (Å²) in [5.41, 5.74) is 0.560. The first-order valence-electron chi connectivity index (χ1n) is 4.76. The van der Waals surface area contributed by atoms with E-state index in [0.717, 1.165) is 13.0 Å². The molecule has 1 aromatic rings. The van der Waals surface area contributed by atoms with Crippen molar-refractivity contribution in [2.75, 3.05) is 13.2 Å². The Labute approximate surface area is 96.2 Å². The van der Waals surface area contributed by atoms with E-state index in [1.165, 1.54) is 0 Å². The zero-order valence-electron chi connectivity index (χ0n) is 8.07. The van der Waals surface area contributed by atoms with Crippen LogP contribution in [0.3, 0.4) is 0 Å². The number of rotatable bonds is 2. The van der Waals surface area contributed by atoms with E-state index >= 15 is 0 Å². The van der Waals surface area contributed by atoms with Crippen LogP contribution < -0.4 is 5.32 Å². The predicted molar refractivity (Wildman–Crippen MR) is 58.6 cm³/mol. The van der Waals surface area contributed by atoms with Crippen LogP contribution in [0.1, 0.15) is 16.8 Å². The van der Waals surface area contributed by atoms with Crippen molar-refractivity contribution < 1.29 is 9.53 Å². The van der Waals surface area contributed by atoms with E-state index in [1.54, 1.807) is 18.3 Å². The third-order valence-electron chi connectivity index (χ3n) is 2.27. The minimum atomic E-state index is -0.106. The van der Waals surface area contributed by atoms with E-state index in [-0.39, 0.29) is 11.9 Å². The van der Waals surface area contributed by atoms with Gasteiger partial charge in [0.1, 0.15) is 4.60 Å². The normalized spacial score (nSPS) is 20.2. The second kappa shape index (κ2) is 4.72. The molecule has 1 atom stereocenters. The molecule has 80 valence electrons. The van der Waals surface area contributed by atoms with Crippen molar-refractivity contribution in [3.05, 3.63) is 28.5 Å². The van der Waals surface area contributed by atoms with Crippen LogP contribution in [0.5, 0.6) is 0 Å². The van der Waals surface area contributed by atoms with Crippen molar-refractivity contribution in [2.45, 2.75) is 12.5 Å². The molecule has 1 N–H and O–H groups in total. The summed E-state index contributed by atoms with van der Waals surface area (Å²) in [5.74, 6) is -0.106. The largest absolute Gasteiger partial charge is 0.379 e. The zero-order valence-corrected chi connectivity index (χ0v) is 9.66. The minimum Gasteiger partial charge on any atom is -0.379 e. The van der Waals surface area contributed by atoms with E-state index < -0.39 is 0 Å². The molecule has 15 heavy (non-hydrogen) atoms. The molecule has 1 fully saturated rings. The number of pyridine rings is 1. The summed E-state index contributed by atoms with van der Waals surface area (Å²) in [6.45, 7) is 1.32. The maximum Gasteiger partial charge on any atom is 0.254 e. The van der Waals surface area contributed by atoms with Crippen LogP contribution in [0.4, 0.5) is 0 Å². The summed E-state index contributed by atoms with van der Waals surface area (Å²) < 4.78 is 5.75. The van der Waals surface area contributed by atoms with Crippen LogP contribution in [-0.2, 0) is 4.74 Å². The second-order valence-corrected chi connectivity index (χ2v) is 4.13. The zero-order chi connectivity index (χ0) is 10.7. The van der Waals surface area contributed by atoms with E-state index in [9.17, 15) is 4.79 Å². The molecule has 2 heterocycles. The van der Waals surface area contributed by atoms with Crippen LogP contribution in [-0.4, -0.2) is 30.1 Å². The first kappa shape index (κ1) is 10.6. The van der Waals surface area contributed by atoms with Gasteiger partial charge >= 0.3 is 0 Å². The smallest absolute Gasteiger partial charge is 0.254 e. The molecule has 0 aliphatic carbocycles. The lowest BCUT2D eigenvalue weighted by Crippen LogP contribution is -2.35. The molecule has 0 aromatic carbocycles. The number of aromatic nitrogens is 1. The highest BCUT2D eigenvalue weighted by molar-refractivity contribution is 9.10. The molecule has 0 bridgehead atoms. The molecule has 1 saturated heterocycles. The Kier molecular flexibility index (Phi) is 3.33. The average molecular weight is 271 g/mol. The van der Waals surface area contributed by atoms with Gasteiger partial charge in [-0.05, 0) is 34.5 Å². The third kappa shape index (κ3) is 2.54. The van der Waals surface area contributed by atoms with Crippen LogP contribution in [0.15, 0.2) is 22.9 Å². The Balaban J connectivity index is 2.04. The van der Waals surface area contributed by atoms with Gasteiger partial charge in [-0.1, -0.05) is 0 Å². The summed E-state index contributed by atoms with van der Waals surface area (Å²) in [6.07, 6.45) is 2.52. The van der Waals surface area contributed by atoms with Crippen molar-refractivity contribution >= 4 is 21.8 Å². The summed E-state index contributed by atoms with van der Waals surface area (Å²) in [7, 11) is 0. The molecular weight excluding hydrogens is 260 g/mol. The van der Waals surface area contributed by atoms with E-state index in [2.05, 4.69) is 26.2 Å². The molecule has 0 spiro atoms. The highest BCUT2D eigenvalue weighted by Crippen LogP contribution is 2.13. The SMILES string of the molecule is O=C(NC1CCOC1)c1cccnc1Br. The molecule has 1 aromatic heterocycles. The van der Waals surface area contributed by atoms with Crippen molar-refractivity contribution in [1.29, 1.82) is 0 Å². The van der Waals surface area contributed by atoms with Crippen molar-refractivity contribution in [2.24, 2.45) is 0 Å². The maximum atomic E-state index is 11.8. The van der Waals surface area contributed by atoms with Crippen molar-refractivity contribution in [3.8, 4) is 0 Å². The topological polar surface area (TPSA) is 51.2 Å². The second-order valence-electron chi connectivity index (χ2n) is 3.38. The summed E-state index contributed by atoms with van der Waals surface area (Å²) in [5, 5.41) is 2.90. The molecule has 1 unspecified atom stereocenters. The number of hydrogen-bond acceptors (Lipinski definition) is 3. The molecule has 1 amide bonds. The van der Waals surface area contributed by atoms with E-state index in [4.69, 9.17) is 4.74 Å². The molecule has 2 rings (SSSR count). The summed E-state index contributed by atoms with van der Waals surface area (Å²) in [4.78, 5) is 15.8. The third-order valence-corrected chi connectivity index (χ3v) is 2.90. The van der Waals surface area contributed by atoms with Gasteiger partial charge < -0.3 is 10.1 Å². The number of nitrogens with zero attached hydrogens (tertiary/aromatic N) is 1. The molecular formula is C10H11BrN2O2. The highest BCUT2D eigenvalue weighted by atomic mass is 79.9. The lowest BCUT2D eigenvalue weighted by Gasteiger charge is -2.10. The molecule has 0 saturated carbocycles. The Morgan fingerprint density at radius 1 is 1.67 bits per heavy atom. The molecule has 5 heteroatoms. The Hall–Kier alpha value is -0.940. The monoisotopic (exact) mass is 270 g/mol. The fourth-order valence-electron chi connectivity index (χ4n) is 1.47. The highest BCUT2D eigenvalue weighted by Gasteiger charge is 2.19. The predicted octanol–water partition coefficient (Wildman–Crippen LogP) is 1.36. The number of halogens is 1. The van der Waals surface area contributed by atoms with Gasteiger partial charge in [-0.3, -0.25) is 4.79 Å². The van der Waals surface area contributed by atoms with Crippen LogP contribution in [0, 0.1) is 0 Å². The fourth-order valence-corrected chi connectivity index (χ4v) is 1.90. The Morgan fingerprint density at radius 2 is 2.53 bits per heavy atom. The lowest BCUT2D eigenvalue weighted by atomic mass is 10.2. The van der Waals surface area contributed by atoms with Gasteiger partial charge in [-0.15, -0.1) is 0 Å². The van der Waals surface area contributed by atoms with Crippen LogP contribution in [0.2, 0.25) is 0 Å². The number of ether oxygens (including phenoxy) is 1. The number of carbonyl (C=O) groups is 1. The minimum absolute atomic E-state index is 0.106. The average Bonchev–Trinajstić information content (AvgIpc) is 2.71. The first-order chi connectivity index (χ1) is 7.27. The Bertz CT molecular complexity index is 364. The van der Waals surface area contributed by atoms with Crippen LogP contribution in [0.25, 0.3) is 0 Å². The fraction of sp³-hybridized carbons (Fsp3) is 0.400. The van der Waals surface area contributed by atoms with Crippen LogP contribution >= 0.6 is 15.9 Å². The summed E-state index contributed by atoms with van der Waals surface area (Å²) >= 11 is 3.24. The number of carbonyl (C=O) groups excluding carboxylic acids is 1. The van der Waals surface area contributed by atoms with Gasteiger partial charge in [0.15, 0.2) is 0 Å². The quantitative estimate of drug-likeness (QED) is 0.826. The van der Waals surface area contributed by atoms with Crippen molar-refractivity contribution in [1.82, 2.24) is 10.3 Å². The van der Waals surface area contributed by atoms with Gasteiger partial charge in [0.2, 0.25) is 0 Å².